The van der Waals surface area contributed by atoms with Gasteiger partial charge in [-0.1, -0.05) is 24.3 Å². The van der Waals surface area contributed by atoms with Crippen LogP contribution in [0.5, 0.6) is 0 Å². The smallest absolute Gasteiger partial charge is 0.326 e. The molecule has 0 aliphatic heterocycles. The lowest BCUT2D eigenvalue weighted by atomic mass is 10.0. The van der Waals surface area contributed by atoms with E-state index in [4.69, 9.17) is 0 Å². The summed E-state index contributed by atoms with van der Waals surface area (Å²) in [6.07, 6.45) is 9.37. The molecule has 0 saturated heterocycles. The molecule has 1 amide bonds. The first-order valence-electron chi connectivity index (χ1n) is 10.0. The third kappa shape index (κ3) is 6.55. The fourth-order valence-electron chi connectivity index (χ4n) is 3.17. The first kappa shape index (κ1) is 23.3. The Bertz CT molecular complexity index is 1080. The Morgan fingerprint density at radius 1 is 1.22 bits per heavy atom. The van der Waals surface area contributed by atoms with Crippen LogP contribution in [-0.2, 0) is 11.3 Å². The van der Waals surface area contributed by atoms with Gasteiger partial charge in [-0.25, -0.2) is 14.2 Å². The number of nitrogens with one attached hydrogen (secondary N) is 1. The van der Waals surface area contributed by atoms with E-state index in [0.717, 1.165) is 16.7 Å². The molecule has 3 aromatic rings. The van der Waals surface area contributed by atoms with Gasteiger partial charge in [0.25, 0.3) is 5.91 Å². The Labute approximate surface area is 190 Å². The monoisotopic (exact) mass is 453 g/mol. The molecule has 0 fully saturated rings. The average molecular weight is 454 g/mol. The van der Waals surface area contributed by atoms with Gasteiger partial charge in [-0.15, -0.1) is 0 Å². The molecule has 32 heavy (non-hydrogen) atoms. The molecular weight excluding hydrogens is 429 g/mol. The van der Waals surface area contributed by atoms with Crippen LogP contribution in [0.2, 0.25) is 0 Å². The Hall–Kier alpha value is -3.39. The molecule has 1 heterocycles. The minimum atomic E-state index is -1.05. The maximum absolute atomic E-state index is 13.4. The standard InChI is InChI=1S/C24H24FN3O3S/c1-32-12-9-22(24(30)31)27-23(29)19-4-2-3-17(13-19)14-20(15-28-11-10-26-16-28)18-5-7-21(25)8-6-18/h2-8,10-11,13-14,16,22H,9,12,15H2,1H3,(H,27,29)(H,30,31). The van der Waals surface area contributed by atoms with E-state index in [0.29, 0.717) is 24.3 Å². The van der Waals surface area contributed by atoms with Crippen LogP contribution in [0.1, 0.15) is 27.9 Å². The second-order valence-corrected chi connectivity index (χ2v) is 8.17. The normalized spacial score (nSPS) is 12.4. The van der Waals surface area contributed by atoms with Crippen molar-refractivity contribution in [3.8, 4) is 0 Å². The third-order valence-electron chi connectivity index (χ3n) is 4.83. The Balaban J connectivity index is 1.86. The first-order chi connectivity index (χ1) is 15.5. The molecule has 166 valence electrons. The van der Waals surface area contributed by atoms with Crippen molar-refractivity contribution in [2.24, 2.45) is 0 Å². The number of carbonyl (C=O) groups is 2. The number of carbonyl (C=O) groups excluding carboxylic acids is 1. The lowest BCUT2D eigenvalue weighted by Crippen LogP contribution is -2.41. The quantitative estimate of drug-likeness (QED) is 0.450. The average Bonchev–Trinajstić information content (AvgIpc) is 3.30. The molecule has 1 atom stereocenters. The summed E-state index contributed by atoms with van der Waals surface area (Å²) < 4.78 is 15.3. The second kappa shape index (κ2) is 11.3. The molecule has 0 saturated carbocycles. The highest BCUT2D eigenvalue weighted by Crippen LogP contribution is 2.21. The molecule has 1 unspecified atom stereocenters. The number of imidazole rings is 1. The summed E-state index contributed by atoms with van der Waals surface area (Å²) in [4.78, 5) is 28.2. The van der Waals surface area contributed by atoms with Crippen molar-refractivity contribution in [3.05, 3.63) is 89.8 Å². The number of hydrogen-bond donors (Lipinski definition) is 2. The van der Waals surface area contributed by atoms with Crippen LogP contribution in [0, 0.1) is 5.82 Å². The van der Waals surface area contributed by atoms with Crippen LogP contribution in [0.15, 0.2) is 67.3 Å². The van der Waals surface area contributed by atoms with Gasteiger partial charge in [0.15, 0.2) is 0 Å². The van der Waals surface area contributed by atoms with E-state index in [1.54, 1.807) is 42.9 Å². The Morgan fingerprint density at radius 3 is 2.66 bits per heavy atom. The Kier molecular flexibility index (Phi) is 8.21. The largest absolute Gasteiger partial charge is 0.480 e. The lowest BCUT2D eigenvalue weighted by Gasteiger charge is -2.14. The molecule has 0 radical (unpaired) electrons. The van der Waals surface area contributed by atoms with Crippen LogP contribution in [-0.4, -0.2) is 44.6 Å². The highest BCUT2D eigenvalue weighted by molar-refractivity contribution is 7.98. The maximum atomic E-state index is 13.4. The topological polar surface area (TPSA) is 84.2 Å². The predicted octanol–water partition coefficient (Wildman–Crippen LogP) is 4.20. The summed E-state index contributed by atoms with van der Waals surface area (Å²) in [5, 5.41) is 12.0. The van der Waals surface area contributed by atoms with Gasteiger partial charge < -0.3 is 15.0 Å². The van der Waals surface area contributed by atoms with Crippen LogP contribution in [0.4, 0.5) is 4.39 Å². The van der Waals surface area contributed by atoms with Gasteiger partial charge in [0.2, 0.25) is 0 Å². The summed E-state index contributed by atoms with van der Waals surface area (Å²) in [6, 6.07) is 12.2. The molecule has 3 rings (SSSR count). The number of carboxylic acid groups (broad SMARTS) is 1. The van der Waals surface area contributed by atoms with Crippen molar-refractivity contribution >= 4 is 35.3 Å². The van der Waals surface area contributed by atoms with Crippen molar-refractivity contribution in [2.75, 3.05) is 12.0 Å². The number of hydrogen-bond acceptors (Lipinski definition) is 4. The van der Waals surface area contributed by atoms with E-state index in [1.165, 1.54) is 23.9 Å². The maximum Gasteiger partial charge on any atom is 0.326 e. The van der Waals surface area contributed by atoms with Gasteiger partial charge in [0.1, 0.15) is 11.9 Å². The second-order valence-electron chi connectivity index (χ2n) is 7.18. The van der Waals surface area contributed by atoms with Crippen molar-refractivity contribution in [2.45, 2.75) is 19.0 Å². The number of aliphatic carboxylic acids is 1. The zero-order valence-corrected chi connectivity index (χ0v) is 18.4. The highest BCUT2D eigenvalue weighted by Gasteiger charge is 2.20. The van der Waals surface area contributed by atoms with Gasteiger partial charge in [-0.3, -0.25) is 4.79 Å². The number of amides is 1. The number of thioether (sulfide) groups is 1. The summed E-state index contributed by atoms with van der Waals surface area (Å²) in [5.74, 6) is -1.17. The number of aromatic nitrogens is 2. The van der Waals surface area contributed by atoms with Crippen molar-refractivity contribution < 1.29 is 19.1 Å². The predicted molar refractivity (Wildman–Crippen MR) is 125 cm³/mol. The summed E-state index contributed by atoms with van der Waals surface area (Å²) >= 11 is 1.53. The molecule has 2 N–H and O–H groups in total. The lowest BCUT2D eigenvalue weighted by molar-refractivity contribution is -0.139. The Morgan fingerprint density at radius 2 is 2.00 bits per heavy atom. The number of rotatable bonds is 10. The van der Waals surface area contributed by atoms with Gasteiger partial charge in [0.05, 0.1) is 6.33 Å². The van der Waals surface area contributed by atoms with Crippen LogP contribution in [0.3, 0.4) is 0 Å². The summed E-state index contributed by atoms with van der Waals surface area (Å²) in [7, 11) is 0. The molecule has 1 aromatic heterocycles. The SMILES string of the molecule is CSCCC(NC(=O)c1cccc(C=C(Cn2ccnc2)c2ccc(F)cc2)c1)C(=O)O. The fourth-order valence-corrected chi connectivity index (χ4v) is 3.64. The number of benzene rings is 2. The summed E-state index contributed by atoms with van der Waals surface area (Å²) in [6.45, 7) is 0.512. The zero-order chi connectivity index (χ0) is 22.9. The minimum Gasteiger partial charge on any atom is -0.480 e. The molecule has 2 aromatic carbocycles. The molecule has 0 bridgehead atoms. The molecule has 0 spiro atoms. The third-order valence-corrected chi connectivity index (χ3v) is 5.47. The highest BCUT2D eigenvalue weighted by atomic mass is 32.2. The van der Waals surface area contributed by atoms with Crippen molar-refractivity contribution in [1.82, 2.24) is 14.9 Å². The van der Waals surface area contributed by atoms with Gasteiger partial charge in [-0.05, 0) is 65.5 Å². The number of nitrogens with zero attached hydrogens (tertiary/aromatic N) is 2. The van der Waals surface area contributed by atoms with E-state index in [1.807, 2.05) is 29.2 Å². The summed E-state index contributed by atoms with van der Waals surface area (Å²) in [5.41, 5.74) is 2.89. The van der Waals surface area contributed by atoms with Crippen molar-refractivity contribution in [3.63, 3.8) is 0 Å². The van der Waals surface area contributed by atoms with Crippen LogP contribution >= 0.6 is 11.8 Å². The molecule has 6 nitrogen and oxygen atoms in total. The van der Waals surface area contributed by atoms with E-state index in [2.05, 4.69) is 10.3 Å². The van der Waals surface area contributed by atoms with E-state index < -0.39 is 17.9 Å². The molecular formula is C24H24FN3O3S. The molecule has 0 aliphatic rings. The van der Waals surface area contributed by atoms with E-state index in [9.17, 15) is 19.1 Å². The number of allylic oxidation sites excluding steroid dienone is 1. The minimum absolute atomic E-state index is 0.316. The van der Waals surface area contributed by atoms with E-state index >= 15 is 0 Å². The van der Waals surface area contributed by atoms with Crippen molar-refractivity contribution in [1.29, 1.82) is 0 Å². The van der Waals surface area contributed by atoms with Crippen LogP contribution < -0.4 is 5.32 Å². The molecule has 0 aliphatic carbocycles. The fraction of sp³-hybridized carbons (Fsp3) is 0.208. The number of carboxylic acids is 1. The van der Waals surface area contributed by atoms with Crippen LogP contribution in [0.25, 0.3) is 11.6 Å². The van der Waals surface area contributed by atoms with Gasteiger partial charge in [-0.2, -0.15) is 11.8 Å². The molecule has 8 heteroatoms. The van der Waals surface area contributed by atoms with E-state index in [-0.39, 0.29) is 5.82 Å². The number of halogens is 1. The zero-order valence-electron chi connectivity index (χ0n) is 17.6. The van der Waals surface area contributed by atoms with Gasteiger partial charge >= 0.3 is 5.97 Å². The van der Waals surface area contributed by atoms with Gasteiger partial charge in [0, 0.05) is 24.5 Å². The first-order valence-corrected chi connectivity index (χ1v) is 11.4.